The number of amides is 1. The van der Waals surface area contributed by atoms with Gasteiger partial charge in [-0.2, -0.15) is 0 Å². The van der Waals surface area contributed by atoms with Crippen molar-refractivity contribution < 1.29 is 13.9 Å². The zero-order valence-corrected chi connectivity index (χ0v) is 13.5. The predicted molar refractivity (Wildman–Crippen MR) is 90.7 cm³/mol. The van der Waals surface area contributed by atoms with E-state index in [9.17, 15) is 4.79 Å². The Balaban J connectivity index is 1.46. The summed E-state index contributed by atoms with van der Waals surface area (Å²) >= 11 is 5.79. The molecular formula is C18H15ClN2O3. The van der Waals surface area contributed by atoms with Crippen molar-refractivity contribution in [1.82, 2.24) is 10.3 Å². The van der Waals surface area contributed by atoms with Crippen molar-refractivity contribution in [3.8, 4) is 17.0 Å². The molecule has 6 heteroatoms. The highest BCUT2D eigenvalue weighted by atomic mass is 35.5. The van der Waals surface area contributed by atoms with Gasteiger partial charge in [-0.3, -0.25) is 9.78 Å². The number of nitrogens with one attached hydrogen (secondary N) is 1. The highest BCUT2D eigenvalue weighted by molar-refractivity contribution is 6.30. The molecule has 0 radical (unpaired) electrons. The first-order chi connectivity index (χ1) is 11.7. The van der Waals surface area contributed by atoms with Crippen LogP contribution in [0.1, 0.15) is 5.56 Å². The lowest BCUT2D eigenvalue weighted by Gasteiger charge is -2.08. The predicted octanol–water partition coefficient (Wildman–Crippen LogP) is 3.69. The van der Waals surface area contributed by atoms with Crippen molar-refractivity contribution in [2.24, 2.45) is 0 Å². The molecule has 5 nitrogen and oxygen atoms in total. The maximum Gasteiger partial charge on any atom is 0.258 e. The lowest BCUT2D eigenvalue weighted by molar-refractivity contribution is -0.123. The van der Waals surface area contributed by atoms with Crippen LogP contribution in [0.15, 0.2) is 65.6 Å². The number of furan rings is 1. The van der Waals surface area contributed by atoms with E-state index in [1.807, 2.05) is 18.2 Å². The van der Waals surface area contributed by atoms with Gasteiger partial charge in [0.15, 0.2) is 6.61 Å². The van der Waals surface area contributed by atoms with Crippen LogP contribution in [0.3, 0.4) is 0 Å². The summed E-state index contributed by atoms with van der Waals surface area (Å²) in [5.74, 6) is 0.393. The lowest BCUT2D eigenvalue weighted by Crippen LogP contribution is -2.28. The molecule has 0 aliphatic heterocycles. The number of nitrogens with zero attached hydrogens (tertiary/aromatic N) is 1. The van der Waals surface area contributed by atoms with Crippen LogP contribution in [0.2, 0.25) is 5.02 Å². The molecule has 0 spiro atoms. The lowest BCUT2D eigenvalue weighted by atomic mass is 10.2. The minimum atomic E-state index is -0.205. The number of carbonyl (C=O) groups excluding carboxylic acids is 1. The van der Waals surface area contributed by atoms with Crippen LogP contribution >= 0.6 is 11.6 Å². The van der Waals surface area contributed by atoms with E-state index < -0.39 is 0 Å². The second-order valence-electron chi connectivity index (χ2n) is 5.08. The number of carbonyl (C=O) groups is 1. The number of pyridine rings is 1. The van der Waals surface area contributed by atoms with E-state index in [0.717, 1.165) is 16.8 Å². The van der Waals surface area contributed by atoms with E-state index in [1.165, 1.54) is 0 Å². The molecule has 0 aliphatic rings. The van der Waals surface area contributed by atoms with E-state index >= 15 is 0 Å². The summed E-state index contributed by atoms with van der Waals surface area (Å²) in [6.07, 6.45) is 4.96. The van der Waals surface area contributed by atoms with Gasteiger partial charge in [0.25, 0.3) is 5.91 Å². The molecule has 2 heterocycles. The summed E-state index contributed by atoms with van der Waals surface area (Å²) < 4.78 is 10.4. The van der Waals surface area contributed by atoms with Crippen LogP contribution in [-0.4, -0.2) is 17.5 Å². The molecule has 0 saturated heterocycles. The molecule has 0 saturated carbocycles. The smallest absolute Gasteiger partial charge is 0.258 e. The molecular weight excluding hydrogens is 328 g/mol. The Morgan fingerprint density at radius 1 is 1.17 bits per heavy atom. The van der Waals surface area contributed by atoms with Crippen molar-refractivity contribution in [1.29, 1.82) is 0 Å². The van der Waals surface area contributed by atoms with Crippen LogP contribution in [-0.2, 0) is 11.3 Å². The minimum absolute atomic E-state index is 0.0534. The van der Waals surface area contributed by atoms with Crippen LogP contribution in [0.4, 0.5) is 0 Å². The largest absolute Gasteiger partial charge is 0.484 e. The number of halogens is 1. The average molecular weight is 343 g/mol. The van der Waals surface area contributed by atoms with Crippen LogP contribution in [0.5, 0.6) is 5.75 Å². The van der Waals surface area contributed by atoms with Gasteiger partial charge in [-0.05, 0) is 42.0 Å². The molecule has 1 amide bonds. The van der Waals surface area contributed by atoms with Gasteiger partial charge in [0.2, 0.25) is 0 Å². The zero-order chi connectivity index (χ0) is 16.8. The Bertz CT molecular complexity index is 784. The molecule has 0 atom stereocenters. The number of aromatic nitrogens is 1. The second kappa shape index (κ2) is 7.66. The molecule has 1 aromatic carbocycles. The fourth-order valence-corrected chi connectivity index (χ4v) is 2.17. The van der Waals surface area contributed by atoms with Crippen LogP contribution in [0.25, 0.3) is 11.3 Å². The number of rotatable bonds is 6. The third kappa shape index (κ3) is 4.36. The number of ether oxygens (including phenoxy) is 1. The second-order valence-corrected chi connectivity index (χ2v) is 5.52. The van der Waals surface area contributed by atoms with Crippen molar-refractivity contribution in [3.63, 3.8) is 0 Å². The van der Waals surface area contributed by atoms with E-state index in [4.69, 9.17) is 20.8 Å². The third-order valence-electron chi connectivity index (χ3n) is 3.31. The highest BCUT2D eigenvalue weighted by Gasteiger charge is 2.05. The standard InChI is InChI=1S/C18H15ClN2O3/c19-15-2-4-16(5-3-15)24-12-18(22)21-10-13-1-6-17(20-9-13)14-7-8-23-11-14/h1-9,11H,10,12H2,(H,21,22). The quantitative estimate of drug-likeness (QED) is 0.742. The van der Waals surface area contributed by atoms with Gasteiger partial charge >= 0.3 is 0 Å². The van der Waals surface area contributed by atoms with Crippen molar-refractivity contribution >= 4 is 17.5 Å². The van der Waals surface area contributed by atoms with Gasteiger partial charge in [-0.1, -0.05) is 17.7 Å². The van der Waals surface area contributed by atoms with Crippen molar-refractivity contribution in [2.75, 3.05) is 6.61 Å². The summed E-state index contributed by atoms with van der Waals surface area (Å²) in [6.45, 7) is 0.337. The van der Waals surface area contributed by atoms with Crippen LogP contribution < -0.4 is 10.1 Å². The van der Waals surface area contributed by atoms with E-state index in [-0.39, 0.29) is 12.5 Å². The minimum Gasteiger partial charge on any atom is -0.484 e. The van der Waals surface area contributed by atoms with E-state index in [1.54, 1.807) is 43.0 Å². The molecule has 3 aromatic rings. The topological polar surface area (TPSA) is 64.4 Å². The highest BCUT2D eigenvalue weighted by Crippen LogP contribution is 2.17. The molecule has 3 rings (SSSR count). The first-order valence-electron chi connectivity index (χ1n) is 7.33. The normalized spacial score (nSPS) is 10.4. The summed E-state index contributed by atoms with van der Waals surface area (Å²) in [6, 6.07) is 12.5. The van der Waals surface area contributed by atoms with Gasteiger partial charge in [-0.25, -0.2) is 0 Å². The summed E-state index contributed by atoms with van der Waals surface area (Å²) in [4.78, 5) is 16.2. The number of benzene rings is 1. The summed E-state index contributed by atoms with van der Waals surface area (Å²) in [5, 5.41) is 3.41. The van der Waals surface area contributed by atoms with Gasteiger partial charge in [0.05, 0.1) is 18.2 Å². The molecule has 24 heavy (non-hydrogen) atoms. The number of hydrogen-bond acceptors (Lipinski definition) is 4. The first-order valence-corrected chi connectivity index (χ1v) is 7.71. The molecule has 0 bridgehead atoms. The fourth-order valence-electron chi connectivity index (χ4n) is 2.04. The van der Waals surface area contributed by atoms with Gasteiger partial charge < -0.3 is 14.5 Å². The van der Waals surface area contributed by atoms with Crippen LogP contribution in [0, 0.1) is 0 Å². The van der Waals surface area contributed by atoms with E-state index in [0.29, 0.717) is 17.3 Å². The summed E-state index contributed by atoms with van der Waals surface area (Å²) in [7, 11) is 0. The molecule has 2 aromatic heterocycles. The Hall–Kier alpha value is -2.79. The molecule has 0 fully saturated rings. The molecule has 0 aliphatic carbocycles. The Morgan fingerprint density at radius 2 is 2.00 bits per heavy atom. The average Bonchev–Trinajstić information content (AvgIpc) is 3.14. The third-order valence-corrected chi connectivity index (χ3v) is 3.57. The van der Waals surface area contributed by atoms with E-state index in [2.05, 4.69) is 10.3 Å². The first kappa shape index (κ1) is 16.1. The summed E-state index contributed by atoms with van der Waals surface area (Å²) in [5.41, 5.74) is 2.65. The fraction of sp³-hybridized carbons (Fsp3) is 0.111. The zero-order valence-electron chi connectivity index (χ0n) is 12.7. The Morgan fingerprint density at radius 3 is 2.67 bits per heavy atom. The molecule has 0 unspecified atom stereocenters. The Kier molecular flexibility index (Phi) is 5.13. The Labute approximate surface area is 144 Å². The molecule has 122 valence electrons. The van der Waals surface area contributed by atoms with Crippen molar-refractivity contribution in [3.05, 3.63) is 71.8 Å². The maximum absolute atomic E-state index is 11.8. The number of hydrogen-bond donors (Lipinski definition) is 1. The SMILES string of the molecule is O=C(COc1ccc(Cl)cc1)NCc1ccc(-c2ccoc2)nc1. The molecule has 1 N–H and O–H groups in total. The van der Waals surface area contributed by atoms with Gasteiger partial charge in [-0.15, -0.1) is 0 Å². The van der Waals surface area contributed by atoms with Gasteiger partial charge in [0.1, 0.15) is 5.75 Å². The monoisotopic (exact) mass is 342 g/mol. The van der Waals surface area contributed by atoms with Crippen molar-refractivity contribution in [2.45, 2.75) is 6.54 Å². The maximum atomic E-state index is 11.8. The van der Waals surface area contributed by atoms with Gasteiger partial charge in [0, 0.05) is 23.3 Å².